The third-order valence-electron chi connectivity index (χ3n) is 3.23. The van der Waals surface area contributed by atoms with E-state index in [0.29, 0.717) is 6.61 Å². The van der Waals surface area contributed by atoms with Gasteiger partial charge in [-0.3, -0.25) is 0 Å². The van der Waals surface area contributed by atoms with Crippen LogP contribution in [-0.4, -0.2) is 13.7 Å². The first-order valence-electron chi connectivity index (χ1n) is 6.81. The van der Waals surface area contributed by atoms with E-state index in [-0.39, 0.29) is 11.9 Å². The molecule has 0 radical (unpaired) electrons. The maximum absolute atomic E-state index is 13.5. The van der Waals surface area contributed by atoms with Crippen LogP contribution in [0.4, 0.5) is 4.39 Å². The standard InChI is InChI=1S/C17H20FNO/c1-13-10-14(12-15(18)11-13)17(19-2)8-9-20-16-6-4-3-5-7-16/h3-7,10-12,17,19H,8-9H2,1-2H3. The summed E-state index contributed by atoms with van der Waals surface area (Å²) in [6.45, 7) is 2.49. The van der Waals surface area contributed by atoms with E-state index in [0.717, 1.165) is 23.3 Å². The number of hydrogen-bond acceptors (Lipinski definition) is 2. The molecule has 0 aliphatic carbocycles. The quantitative estimate of drug-likeness (QED) is 0.862. The van der Waals surface area contributed by atoms with Crippen molar-refractivity contribution < 1.29 is 9.13 Å². The Morgan fingerprint density at radius 3 is 2.55 bits per heavy atom. The van der Waals surface area contributed by atoms with Crippen LogP contribution in [0.25, 0.3) is 0 Å². The molecule has 106 valence electrons. The molecule has 0 fully saturated rings. The summed E-state index contributed by atoms with van der Waals surface area (Å²) in [6, 6.07) is 14.9. The molecule has 20 heavy (non-hydrogen) atoms. The third kappa shape index (κ3) is 4.07. The van der Waals surface area contributed by atoms with Gasteiger partial charge in [0.15, 0.2) is 0 Å². The largest absolute Gasteiger partial charge is 0.494 e. The Morgan fingerprint density at radius 2 is 1.90 bits per heavy atom. The second kappa shape index (κ2) is 7.06. The highest BCUT2D eigenvalue weighted by Crippen LogP contribution is 2.20. The fourth-order valence-corrected chi connectivity index (χ4v) is 2.25. The highest BCUT2D eigenvalue weighted by Gasteiger charge is 2.11. The molecule has 0 saturated heterocycles. The molecule has 0 bridgehead atoms. The maximum atomic E-state index is 13.5. The van der Waals surface area contributed by atoms with Gasteiger partial charge in [-0.15, -0.1) is 0 Å². The molecular weight excluding hydrogens is 253 g/mol. The summed E-state index contributed by atoms with van der Waals surface area (Å²) in [7, 11) is 1.88. The highest BCUT2D eigenvalue weighted by atomic mass is 19.1. The number of ether oxygens (including phenoxy) is 1. The Kier molecular flexibility index (Phi) is 5.13. The number of para-hydroxylation sites is 1. The Labute approximate surface area is 119 Å². The molecule has 0 aromatic heterocycles. The van der Waals surface area contributed by atoms with Crippen molar-refractivity contribution in [3.63, 3.8) is 0 Å². The van der Waals surface area contributed by atoms with Gasteiger partial charge < -0.3 is 10.1 Å². The number of aryl methyl sites for hydroxylation is 1. The van der Waals surface area contributed by atoms with Crippen molar-refractivity contribution in [2.45, 2.75) is 19.4 Å². The normalized spacial score (nSPS) is 12.2. The molecule has 2 nitrogen and oxygen atoms in total. The molecule has 1 atom stereocenters. The van der Waals surface area contributed by atoms with Crippen LogP contribution in [0.3, 0.4) is 0 Å². The molecule has 1 N–H and O–H groups in total. The smallest absolute Gasteiger partial charge is 0.123 e. The zero-order chi connectivity index (χ0) is 14.4. The van der Waals surface area contributed by atoms with E-state index >= 15 is 0 Å². The van der Waals surface area contributed by atoms with Crippen molar-refractivity contribution in [1.29, 1.82) is 0 Å². The van der Waals surface area contributed by atoms with Gasteiger partial charge in [-0.25, -0.2) is 4.39 Å². The first-order valence-corrected chi connectivity index (χ1v) is 6.81. The Hall–Kier alpha value is -1.87. The minimum atomic E-state index is -0.191. The van der Waals surface area contributed by atoms with Crippen molar-refractivity contribution >= 4 is 0 Å². The molecular formula is C17H20FNO. The summed E-state index contributed by atoms with van der Waals surface area (Å²) in [5.41, 5.74) is 1.89. The number of benzene rings is 2. The summed E-state index contributed by atoms with van der Waals surface area (Å²) < 4.78 is 19.1. The molecule has 3 heteroatoms. The van der Waals surface area contributed by atoms with Crippen LogP contribution in [0, 0.1) is 12.7 Å². The second-order valence-corrected chi connectivity index (χ2v) is 4.85. The van der Waals surface area contributed by atoms with Crippen LogP contribution >= 0.6 is 0 Å². The topological polar surface area (TPSA) is 21.3 Å². The van der Waals surface area contributed by atoms with Gasteiger partial charge >= 0.3 is 0 Å². The molecule has 0 amide bonds. The Bertz CT molecular complexity index is 522. The minimum Gasteiger partial charge on any atom is -0.494 e. The van der Waals surface area contributed by atoms with Crippen LogP contribution in [0.5, 0.6) is 5.75 Å². The van der Waals surface area contributed by atoms with Gasteiger partial charge in [-0.05, 0) is 49.4 Å². The van der Waals surface area contributed by atoms with E-state index in [1.807, 2.05) is 50.4 Å². The molecule has 2 aromatic carbocycles. The lowest BCUT2D eigenvalue weighted by Crippen LogP contribution is -2.19. The molecule has 1 unspecified atom stereocenters. The van der Waals surface area contributed by atoms with Gasteiger partial charge in [0.1, 0.15) is 11.6 Å². The molecule has 2 aromatic rings. The van der Waals surface area contributed by atoms with E-state index in [9.17, 15) is 4.39 Å². The van der Waals surface area contributed by atoms with E-state index in [1.54, 1.807) is 6.07 Å². The van der Waals surface area contributed by atoms with Gasteiger partial charge in [0.05, 0.1) is 6.61 Å². The summed E-state index contributed by atoms with van der Waals surface area (Å²) in [6.07, 6.45) is 0.786. The fraction of sp³-hybridized carbons (Fsp3) is 0.294. The zero-order valence-electron chi connectivity index (χ0n) is 11.9. The van der Waals surface area contributed by atoms with Gasteiger partial charge in [0, 0.05) is 12.5 Å². The number of halogens is 1. The first kappa shape index (κ1) is 14.5. The van der Waals surface area contributed by atoms with Crippen molar-refractivity contribution in [2.75, 3.05) is 13.7 Å². The SMILES string of the molecule is CNC(CCOc1ccccc1)c1cc(C)cc(F)c1. The molecule has 0 aliphatic heterocycles. The third-order valence-corrected chi connectivity index (χ3v) is 3.23. The minimum absolute atomic E-state index is 0.0908. The average Bonchev–Trinajstić information content (AvgIpc) is 2.43. The van der Waals surface area contributed by atoms with Gasteiger partial charge in [-0.2, -0.15) is 0 Å². The molecule has 0 spiro atoms. The predicted molar refractivity (Wildman–Crippen MR) is 79.5 cm³/mol. The number of hydrogen-bond donors (Lipinski definition) is 1. The van der Waals surface area contributed by atoms with Crippen LogP contribution in [0.15, 0.2) is 48.5 Å². The molecule has 0 aliphatic rings. The summed E-state index contributed by atoms with van der Waals surface area (Å²) in [5, 5.41) is 3.21. The highest BCUT2D eigenvalue weighted by molar-refractivity contribution is 5.26. The zero-order valence-corrected chi connectivity index (χ0v) is 11.9. The fourth-order valence-electron chi connectivity index (χ4n) is 2.25. The lowest BCUT2D eigenvalue weighted by molar-refractivity contribution is 0.290. The number of nitrogens with one attached hydrogen (secondary N) is 1. The van der Waals surface area contributed by atoms with E-state index in [1.165, 1.54) is 6.07 Å². The van der Waals surface area contributed by atoms with Crippen LogP contribution in [-0.2, 0) is 0 Å². The average molecular weight is 273 g/mol. The molecule has 0 heterocycles. The van der Waals surface area contributed by atoms with Crippen molar-refractivity contribution in [1.82, 2.24) is 5.32 Å². The van der Waals surface area contributed by atoms with Gasteiger partial charge in [0.25, 0.3) is 0 Å². The van der Waals surface area contributed by atoms with Gasteiger partial charge in [-0.1, -0.05) is 24.3 Å². The predicted octanol–water partition coefficient (Wildman–Crippen LogP) is 3.86. The lowest BCUT2D eigenvalue weighted by atomic mass is 10.0. The lowest BCUT2D eigenvalue weighted by Gasteiger charge is -2.17. The Morgan fingerprint density at radius 1 is 1.15 bits per heavy atom. The molecule has 2 rings (SSSR count). The van der Waals surface area contributed by atoms with Crippen molar-refractivity contribution in [3.8, 4) is 5.75 Å². The van der Waals surface area contributed by atoms with E-state index in [2.05, 4.69) is 5.32 Å². The van der Waals surface area contributed by atoms with Crippen molar-refractivity contribution in [3.05, 3.63) is 65.5 Å². The summed E-state index contributed by atoms with van der Waals surface area (Å²) in [4.78, 5) is 0. The van der Waals surface area contributed by atoms with Crippen LogP contribution in [0.1, 0.15) is 23.6 Å². The van der Waals surface area contributed by atoms with Crippen LogP contribution < -0.4 is 10.1 Å². The van der Waals surface area contributed by atoms with Gasteiger partial charge in [0.2, 0.25) is 0 Å². The number of rotatable bonds is 6. The summed E-state index contributed by atoms with van der Waals surface area (Å²) >= 11 is 0. The Balaban J connectivity index is 1.95. The second-order valence-electron chi connectivity index (χ2n) is 4.85. The maximum Gasteiger partial charge on any atom is 0.123 e. The summed E-state index contributed by atoms with van der Waals surface area (Å²) in [5.74, 6) is 0.669. The van der Waals surface area contributed by atoms with E-state index < -0.39 is 0 Å². The molecule has 0 saturated carbocycles. The van der Waals surface area contributed by atoms with Crippen LogP contribution in [0.2, 0.25) is 0 Å². The first-order chi connectivity index (χ1) is 9.69. The monoisotopic (exact) mass is 273 g/mol. The van der Waals surface area contributed by atoms with Crippen molar-refractivity contribution in [2.24, 2.45) is 0 Å². The van der Waals surface area contributed by atoms with E-state index in [4.69, 9.17) is 4.74 Å².